The molecule has 0 saturated carbocycles. The standard InChI is InChI=1S/C6H16P2/c1-6(5-8)3-2-4-7/h6H,2-5,7-8H2,1H3. The summed E-state index contributed by atoms with van der Waals surface area (Å²) in [4.78, 5) is 0. The van der Waals surface area contributed by atoms with E-state index in [9.17, 15) is 0 Å². The lowest BCUT2D eigenvalue weighted by Crippen LogP contribution is -1.94. The third kappa shape index (κ3) is 5.01. The smallest absolute Gasteiger partial charge is 0.0355 e. The molecule has 0 bridgehead atoms. The topological polar surface area (TPSA) is 0 Å². The quantitative estimate of drug-likeness (QED) is 0.538. The van der Waals surface area contributed by atoms with Gasteiger partial charge in [0.1, 0.15) is 0 Å². The highest BCUT2D eigenvalue weighted by molar-refractivity contribution is 7.16. The molecule has 3 unspecified atom stereocenters. The molecule has 0 saturated heterocycles. The Hall–Kier alpha value is 0.860. The summed E-state index contributed by atoms with van der Waals surface area (Å²) in [5, 5.41) is 0. The zero-order valence-corrected chi connectivity index (χ0v) is 7.87. The third-order valence-electron chi connectivity index (χ3n) is 1.30. The van der Waals surface area contributed by atoms with Crippen LogP contribution in [0.15, 0.2) is 0 Å². The molecular formula is C6H16P2. The maximum Gasteiger partial charge on any atom is -0.0355 e. The lowest BCUT2D eigenvalue weighted by Gasteiger charge is -2.04. The highest BCUT2D eigenvalue weighted by atomic mass is 31.0. The summed E-state index contributed by atoms with van der Waals surface area (Å²) in [6, 6.07) is 0. The van der Waals surface area contributed by atoms with E-state index in [1.165, 1.54) is 25.2 Å². The fraction of sp³-hybridized carbons (Fsp3) is 1.00. The van der Waals surface area contributed by atoms with E-state index in [1.807, 2.05) is 0 Å². The first kappa shape index (κ1) is 8.86. The molecule has 0 radical (unpaired) electrons. The monoisotopic (exact) mass is 150 g/mol. The highest BCUT2D eigenvalue weighted by Crippen LogP contribution is 2.08. The average Bonchev–Trinajstić information content (AvgIpc) is 1.83. The first-order valence-corrected chi connectivity index (χ1v) is 4.84. The number of hydrogen-bond acceptors (Lipinski definition) is 0. The van der Waals surface area contributed by atoms with Gasteiger partial charge in [0.05, 0.1) is 0 Å². The van der Waals surface area contributed by atoms with Gasteiger partial charge in [0.2, 0.25) is 0 Å². The van der Waals surface area contributed by atoms with E-state index in [0.29, 0.717) is 0 Å². The van der Waals surface area contributed by atoms with Crippen LogP contribution in [-0.2, 0) is 0 Å². The maximum atomic E-state index is 2.78. The van der Waals surface area contributed by atoms with Gasteiger partial charge in [-0.25, -0.2) is 0 Å². The molecule has 0 fully saturated rings. The van der Waals surface area contributed by atoms with Gasteiger partial charge in [-0.1, -0.05) is 13.3 Å². The minimum Gasteiger partial charge on any atom is -0.138 e. The van der Waals surface area contributed by atoms with Crippen molar-refractivity contribution in [1.82, 2.24) is 0 Å². The molecule has 0 aliphatic heterocycles. The van der Waals surface area contributed by atoms with Gasteiger partial charge in [-0.2, -0.15) is 0 Å². The summed E-state index contributed by atoms with van der Waals surface area (Å²) in [5.41, 5.74) is 0. The SMILES string of the molecule is CC(CP)CCCP. The van der Waals surface area contributed by atoms with Crippen LogP contribution in [0.5, 0.6) is 0 Å². The molecule has 0 rings (SSSR count). The second-order valence-electron chi connectivity index (χ2n) is 2.27. The van der Waals surface area contributed by atoms with Crippen molar-refractivity contribution in [2.24, 2.45) is 5.92 Å². The van der Waals surface area contributed by atoms with Gasteiger partial charge in [0, 0.05) is 0 Å². The summed E-state index contributed by atoms with van der Waals surface area (Å²) in [7, 11) is 5.54. The molecule has 8 heavy (non-hydrogen) atoms. The lowest BCUT2D eigenvalue weighted by atomic mass is 10.1. The lowest BCUT2D eigenvalue weighted by molar-refractivity contribution is 0.588. The summed E-state index contributed by atoms with van der Waals surface area (Å²) < 4.78 is 0. The summed E-state index contributed by atoms with van der Waals surface area (Å²) in [6.07, 6.45) is 5.26. The predicted octanol–water partition coefficient (Wildman–Crippen LogP) is 2.15. The molecule has 3 atom stereocenters. The van der Waals surface area contributed by atoms with Crippen LogP contribution in [0.2, 0.25) is 0 Å². The predicted molar refractivity (Wildman–Crippen MR) is 47.6 cm³/mol. The molecule has 0 amide bonds. The van der Waals surface area contributed by atoms with Crippen LogP contribution < -0.4 is 0 Å². The summed E-state index contributed by atoms with van der Waals surface area (Å²) in [5.74, 6) is 0.903. The Morgan fingerprint density at radius 1 is 1.38 bits per heavy atom. The maximum absolute atomic E-state index is 2.78. The fourth-order valence-corrected chi connectivity index (χ4v) is 1.06. The molecular weight excluding hydrogens is 134 g/mol. The van der Waals surface area contributed by atoms with E-state index in [1.54, 1.807) is 0 Å². The average molecular weight is 150 g/mol. The van der Waals surface area contributed by atoms with Crippen LogP contribution in [0.1, 0.15) is 19.8 Å². The second kappa shape index (κ2) is 5.99. The van der Waals surface area contributed by atoms with E-state index in [2.05, 4.69) is 25.4 Å². The Labute approximate surface area is 57.2 Å². The van der Waals surface area contributed by atoms with Crippen molar-refractivity contribution >= 4 is 18.5 Å². The van der Waals surface area contributed by atoms with Gasteiger partial charge in [-0.3, -0.25) is 0 Å². The Bertz CT molecular complexity index is 45.8. The van der Waals surface area contributed by atoms with E-state index in [-0.39, 0.29) is 0 Å². The molecule has 0 aliphatic carbocycles. The van der Waals surface area contributed by atoms with Gasteiger partial charge in [0.25, 0.3) is 0 Å². The van der Waals surface area contributed by atoms with Crippen molar-refractivity contribution in [3.8, 4) is 0 Å². The van der Waals surface area contributed by atoms with Gasteiger partial charge in [-0.15, -0.1) is 18.5 Å². The Morgan fingerprint density at radius 3 is 2.38 bits per heavy atom. The van der Waals surface area contributed by atoms with Crippen molar-refractivity contribution in [3.63, 3.8) is 0 Å². The zero-order chi connectivity index (χ0) is 6.41. The van der Waals surface area contributed by atoms with Gasteiger partial charge >= 0.3 is 0 Å². The minimum atomic E-state index is 0.903. The van der Waals surface area contributed by atoms with Gasteiger partial charge < -0.3 is 0 Å². The first-order chi connectivity index (χ1) is 3.81. The van der Waals surface area contributed by atoms with Crippen LogP contribution in [0, 0.1) is 5.92 Å². The number of hydrogen-bond donors (Lipinski definition) is 0. The second-order valence-corrected chi connectivity index (χ2v) is 3.32. The van der Waals surface area contributed by atoms with E-state index < -0.39 is 0 Å². The molecule has 0 aromatic carbocycles. The number of rotatable bonds is 4. The molecule has 50 valence electrons. The van der Waals surface area contributed by atoms with E-state index in [4.69, 9.17) is 0 Å². The van der Waals surface area contributed by atoms with Gasteiger partial charge in [0.15, 0.2) is 0 Å². The van der Waals surface area contributed by atoms with Crippen LogP contribution >= 0.6 is 18.5 Å². The van der Waals surface area contributed by atoms with Crippen molar-refractivity contribution in [3.05, 3.63) is 0 Å². The Kier molecular flexibility index (Phi) is 6.63. The van der Waals surface area contributed by atoms with E-state index >= 15 is 0 Å². The molecule has 0 aliphatic rings. The van der Waals surface area contributed by atoms with Crippen molar-refractivity contribution in [2.45, 2.75) is 19.8 Å². The van der Waals surface area contributed by atoms with Crippen LogP contribution in [0.4, 0.5) is 0 Å². The van der Waals surface area contributed by atoms with Crippen LogP contribution in [-0.4, -0.2) is 12.3 Å². The zero-order valence-electron chi connectivity index (χ0n) is 5.56. The normalized spacial score (nSPS) is 13.9. The first-order valence-electron chi connectivity index (χ1n) is 3.21. The fourth-order valence-electron chi connectivity index (χ4n) is 0.584. The van der Waals surface area contributed by atoms with Crippen molar-refractivity contribution in [2.75, 3.05) is 12.3 Å². The Morgan fingerprint density at radius 2 is 2.00 bits per heavy atom. The summed E-state index contributed by atoms with van der Waals surface area (Å²) >= 11 is 0. The third-order valence-corrected chi connectivity index (χ3v) is 2.52. The van der Waals surface area contributed by atoms with Crippen molar-refractivity contribution in [1.29, 1.82) is 0 Å². The molecule has 2 heteroatoms. The molecule has 0 heterocycles. The van der Waals surface area contributed by atoms with Gasteiger partial charge in [-0.05, 0) is 24.7 Å². The van der Waals surface area contributed by atoms with Crippen LogP contribution in [0.25, 0.3) is 0 Å². The molecule has 0 spiro atoms. The van der Waals surface area contributed by atoms with E-state index in [0.717, 1.165) is 5.92 Å². The molecule has 0 N–H and O–H groups in total. The van der Waals surface area contributed by atoms with Crippen molar-refractivity contribution < 1.29 is 0 Å². The molecule has 0 nitrogen and oxygen atoms in total. The largest absolute Gasteiger partial charge is 0.138 e. The minimum absolute atomic E-state index is 0.903. The molecule has 0 aromatic rings. The Balaban J connectivity index is 2.86. The summed E-state index contributed by atoms with van der Waals surface area (Å²) in [6.45, 7) is 2.30. The van der Waals surface area contributed by atoms with Crippen LogP contribution in [0.3, 0.4) is 0 Å². The highest BCUT2D eigenvalue weighted by Gasteiger charge is 1.94. The molecule has 0 aromatic heterocycles.